The third-order valence-electron chi connectivity index (χ3n) is 7.58. The molecule has 1 saturated heterocycles. The Morgan fingerprint density at radius 1 is 1.16 bits per heavy atom. The number of benzene rings is 2. The number of nitrogens with one attached hydrogen (secondary N) is 2. The molecule has 0 radical (unpaired) electrons. The minimum atomic E-state index is -1.85. The molecule has 1 aromatic heterocycles. The lowest BCUT2D eigenvalue weighted by atomic mass is 9.91. The van der Waals surface area contributed by atoms with E-state index in [-0.39, 0.29) is 42.3 Å². The van der Waals surface area contributed by atoms with Crippen LogP contribution in [0.2, 0.25) is 0 Å². The molecule has 1 aliphatic heterocycles. The maximum atomic E-state index is 15.5. The average Bonchev–Trinajstić information content (AvgIpc) is 3.59. The molecule has 0 bridgehead atoms. The minimum absolute atomic E-state index is 0.0599. The molecule has 0 aliphatic carbocycles. The van der Waals surface area contributed by atoms with Crippen molar-refractivity contribution in [1.82, 2.24) is 15.2 Å². The van der Waals surface area contributed by atoms with Gasteiger partial charge in [0.05, 0.1) is 18.7 Å². The number of nitrogens with two attached hydrogens (primary N) is 1. The number of halogens is 1. The lowest BCUT2D eigenvalue weighted by Gasteiger charge is -2.32. The van der Waals surface area contributed by atoms with Gasteiger partial charge in [-0.3, -0.25) is 24.1 Å². The molecule has 1 unspecified atom stereocenters. The first-order chi connectivity index (χ1) is 20.4. The zero-order chi connectivity index (χ0) is 31.4. The number of hydrogen-bond donors (Lipinski definition) is 4. The van der Waals surface area contributed by atoms with E-state index < -0.39 is 52.9 Å². The van der Waals surface area contributed by atoms with E-state index >= 15 is 4.39 Å². The van der Waals surface area contributed by atoms with Crippen LogP contribution in [0.4, 0.5) is 4.39 Å². The number of H-pyrrole nitrogens is 1. The number of ether oxygens (including phenoxy) is 1. The Hall–Kier alpha value is -4.58. The number of rotatable bonds is 12. The van der Waals surface area contributed by atoms with Crippen LogP contribution >= 0.6 is 0 Å². The van der Waals surface area contributed by atoms with Gasteiger partial charge in [0.15, 0.2) is 5.78 Å². The number of nitrogens with zero attached hydrogens (tertiary/aromatic N) is 1. The van der Waals surface area contributed by atoms with Gasteiger partial charge in [-0.1, -0.05) is 19.9 Å². The second-order valence-corrected chi connectivity index (χ2v) is 11.1. The number of carbonyl (C=O) groups is 5. The van der Waals surface area contributed by atoms with E-state index in [1.807, 2.05) is 13.8 Å². The largest absolute Gasteiger partial charge is 0.496 e. The van der Waals surface area contributed by atoms with Crippen LogP contribution in [-0.2, 0) is 14.4 Å². The number of imide groups is 1. The molecule has 1 aliphatic rings. The van der Waals surface area contributed by atoms with Gasteiger partial charge in [0.25, 0.3) is 5.91 Å². The first-order valence-electron chi connectivity index (χ1n) is 14.0. The standard InChI is InChI=1S/C31H35FN4O7/c1-16(2)13-22(33)29(39)36(30(40)24-15-20-23(35-24)5-4-6-26(20)43-3)27(19-14-18(31(41)42)7-9-21(19)32)25(37)10-8-17-11-12-34-28(17)38/h4-7,9,14-17,22,27,35H,8,10-13,33H2,1-3H3,(H,34,38)(H,41,42)/t17-,22-,27?/m0/s1. The molecule has 3 aromatic rings. The molecule has 3 amide bonds. The van der Waals surface area contributed by atoms with Crippen molar-refractivity contribution in [2.24, 2.45) is 17.6 Å². The summed E-state index contributed by atoms with van der Waals surface area (Å²) in [5, 5.41) is 12.8. The van der Waals surface area contributed by atoms with E-state index in [4.69, 9.17) is 10.5 Å². The summed E-state index contributed by atoms with van der Waals surface area (Å²) in [5.41, 5.74) is 5.87. The molecule has 0 spiro atoms. The smallest absolute Gasteiger partial charge is 0.335 e. The van der Waals surface area contributed by atoms with E-state index in [0.717, 1.165) is 18.2 Å². The maximum absolute atomic E-state index is 15.5. The molecule has 3 atom stereocenters. The Labute approximate surface area is 247 Å². The van der Waals surface area contributed by atoms with E-state index in [1.54, 1.807) is 18.2 Å². The monoisotopic (exact) mass is 594 g/mol. The van der Waals surface area contributed by atoms with Crippen LogP contribution in [0.1, 0.15) is 72.0 Å². The lowest BCUT2D eigenvalue weighted by Crippen LogP contribution is -2.51. The van der Waals surface area contributed by atoms with E-state index in [1.165, 1.54) is 13.2 Å². The van der Waals surface area contributed by atoms with Crippen LogP contribution in [-0.4, -0.2) is 64.2 Å². The van der Waals surface area contributed by atoms with Gasteiger partial charge in [-0.05, 0) is 61.6 Å². The van der Waals surface area contributed by atoms with Crippen LogP contribution in [0.5, 0.6) is 5.75 Å². The Morgan fingerprint density at radius 3 is 2.53 bits per heavy atom. The highest BCUT2D eigenvalue weighted by Crippen LogP contribution is 2.33. The summed E-state index contributed by atoms with van der Waals surface area (Å²) >= 11 is 0. The number of fused-ring (bicyclic) bond motifs is 1. The molecule has 228 valence electrons. The third-order valence-corrected chi connectivity index (χ3v) is 7.58. The number of aromatic nitrogens is 1. The van der Waals surface area contributed by atoms with E-state index in [9.17, 15) is 29.1 Å². The molecule has 4 rings (SSSR count). The average molecular weight is 595 g/mol. The predicted molar refractivity (Wildman–Crippen MR) is 155 cm³/mol. The first kappa shape index (κ1) is 31.4. The molecule has 2 aromatic carbocycles. The third kappa shape index (κ3) is 6.75. The van der Waals surface area contributed by atoms with Gasteiger partial charge in [-0.2, -0.15) is 0 Å². The molecule has 1 fully saturated rings. The molecule has 43 heavy (non-hydrogen) atoms. The second-order valence-electron chi connectivity index (χ2n) is 11.1. The normalized spacial score (nSPS) is 16.1. The van der Waals surface area contributed by atoms with Crippen molar-refractivity contribution >= 4 is 40.4 Å². The number of carboxylic acids is 1. The molecular formula is C31H35FN4O7. The number of Topliss-reactive ketones (excluding diaryl/α,β-unsaturated/α-hetero) is 1. The highest BCUT2D eigenvalue weighted by molar-refractivity contribution is 6.10. The van der Waals surface area contributed by atoms with Crippen molar-refractivity contribution in [1.29, 1.82) is 0 Å². The summed E-state index contributed by atoms with van der Waals surface area (Å²) in [6, 6.07) is 6.29. The summed E-state index contributed by atoms with van der Waals surface area (Å²) in [6.07, 6.45) is 0.469. The highest BCUT2D eigenvalue weighted by atomic mass is 19.1. The van der Waals surface area contributed by atoms with Crippen molar-refractivity contribution in [3.05, 3.63) is 65.1 Å². The fourth-order valence-corrected chi connectivity index (χ4v) is 5.40. The van der Waals surface area contributed by atoms with Gasteiger partial charge in [-0.25, -0.2) is 9.18 Å². The molecule has 11 nitrogen and oxygen atoms in total. The van der Waals surface area contributed by atoms with Crippen LogP contribution in [0.15, 0.2) is 42.5 Å². The first-order valence-corrected chi connectivity index (χ1v) is 14.0. The lowest BCUT2D eigenvalue weighted by molar-refractivity contribution is -0.138. The van der Waals surface area contributed by atoms with Crippen molar-refractivity contribution in [3.63, 3.8) is 0 Å². The van der Waals surface area contributed by atoms with E-state index in [0.29, 0.717) is 34.5 Å². The molecule has 5 N–H and O–H groups in total. The number of ketones is 1. The Bertz CT molecular complexity index is 1570. The summed E-state index contributed by atoms with van der Waals surface area (Å²) in [4.78, 5) is 69.7. The fraction of sp³-hybridized carbons (Fsp3) is 0.387. The van der Waals surface area contributed by atoms with Gasteiger partial charge in [0.2, 0.25) is 11.8 Å². The number of aromatic amines is 1. The highest BCUT2D eigenvalue weighted by Gasteiger charge is 2.41. The molecule has 2 heterocycles. The van der Waals surface area contributed by atoms with Crippen LogP contribution in [0, 0.1) is 17.7 Å². The van der Waals surface area contributed by atoms with Gasteiger partial charge in [-0.15, -0.1) is 0 Å². The van der Waals surface area contributed by atoms with Crippen LogP contribution in [0.3, 0.4) is 0 Å². The molecule has 12 heteroatoms. The maximum Gasteiger partial charge on any atom is 0.335 e. The van der Waals surface area contributed by atoms with Gasteiger partial charge >= 0.3 is 5.97 Å². The topological polar surface area (TPSA) is 172 Å². The number of carbonyl (C=O) groups excluding carboxylic acids is 4. The molecule has 0 saturated carbocycles. The van der Waals surface area contributed by atoms with Gasteiger partial charge in [0, 0.05) is 35.3 Å². The van der Waals surface area contributed by atoms with Gasteiger partial charge in [0.1, 0.15) is 23.3 Å². The molecular weight excluding hydrogens is 559 g/mol. The van der Waals surface area contributed by atoms with Gasteiger partial charge < -0.3 is 25.9 Å². The van der Waals surface area contributed by atoms with Crippen molar-refractivity contribution in [2.45, 2.75) is 51.6 Å². The van der Waals surface area contributed by atoms with Crippen molar-refractivity contribution < 1.29 is 38.2 Å². The van der Waals surface area contributed by atoms with Crippen LogP contribution < -0.4 is 15.8 Å². The zero-order valence-electron chi connectivity index (χ0n) is 24.2. The predicted octanol–water partition coefficient (Wildman–Crippen LogP) is 3.58. The summed E-state index contributed by atoms with van der Waals surface area (Å²) < 4.78 is 20.9. The number of aromatic carboxylic acids is 1. The minimum Gasteiger partial charge on any atom is -0.496 e. The number of methoxy groups -OCH3 is 1. The Morgan fingerprint density at radius 2 is 1.91 bits per heavy atom. The quantitative estimate of drug-likeness (QED) is 0.246. The summed E-state index contributed by atoms with van der Waals surface area (Å²) in [6.45, 7) is 4.11. The Balaban J connectivity index is 1.87. The van der Waals surface area contributed by atoms with Crippen LogP contribution in [0.25, 0.3) is 10.9 Å². The fourth-order valence-electron chi connectivity index (χ4n) is 5.40. The zero-order valence-corrected chi connectivity index (χ0v) is 24.2. The van der Waals surface area contributed by atoms with Crippen molar-refractivity contribution in [3.8, 4) is 5.75 Å². The number of amides is 3. The Kier molecular flexibility index (Phi) is 9.59. The SMILES string of the molecule is COc1cccc2[nH]c(C(=O)N(C(=O)[C@@H](N)CC(C)C)C(C(=O)CC[C@H]3CCNC3=O)c3cc(C(=O)O)ccc3F)cc12. The van der Waals surface area contributed by atoms with Crippen molar-refractivity contribution in [2.75, 3.05) is 13.7 Å². The number of carboxylic acid groups (broad SMARTS) is 1. The summed E-state index contributed by atoms with van der Waals surface area (Å²) in [5.74, 6) is -5.31. The summed E-state index contributed by atoms with van der Waals surface area (Å²) in [7, 11) is 1.46. The second kappa shape index (κ2) is 13.2. The number of hydrogen-bond acceptors (Lipinski definition) is 7. The van der Waals surface area contributed by atoms with E-state index in [2.05, 4.69) is 10.3 Å².